The van der Waals surface area contributed by atoms with Gasteiger partial charge < -0.3 is 15.1 Å². The molecule has 1 N–H and O–H groups in total. The topological polar surface area (TPSA) is 82.0 Å². The van der Waals surface area contributed by atoms with Crippen LogP contribution in [0.25, 0.3) is 0 Å². The van der Waals surface area contributed by atoms with Crippen LogP contribution in [-0.2, 0) is 11.0 Å². The molecule has 11 heteroatoms. The lowest BCUT2D eigenvalue weighted by atomic mass is 10.0. The molecule has 0 bridgehead atoms. The Morgan fingerprint density at radius 1 is 1.00 bits per heavy atom. The summed E-state index contributed by atoms with van der Waals surface area (Å²) in [5.74, 6) is 0.107. The number of nitrogens with one attached hydrogen (secondary N) is 1. The maximum atomic E-state index is 13.2. The lowest BCUT2D eigenvalue weighted by Gasteiger charge is -2.36. The third-order valence-electron chi connectivity index (χ3n) is 7.08. The summed E-state index contributed by atoms with van der Waals surface area (Å²) in [5, 5.41) is 14.0. The van der Waals surface area contributed by atoms with Gasteiger partial charge in [0.25, 0.3) is 5.69 Å². The number of likely N-dealkylation sites (tertiary alicyclic amines) is 1. The number of hydrogen-bond donors (Lipinski definition) is 1. The molecule has 2 aromatic carbocycles. The average molecular weight is 536 g/mol. The number of para-hydroxylation sites is 1. The van der Waals surface area contributed by atoms with E-state index in [2.05, 4.69) is 27.2 Å². The average Bonchev–Trinajstić information content (AvgIpc) is 2.89. The fourth-order valence-electron chi connectivity index (χ4n) is 5.00. The molecule has 208 valence electrons. The van der Waals surface area contributed by atoms with Crippen molar-refractivity contribution >= 4 is 23.0 Å². The number of hydrogen-bond acceptors (Lipinski definition) is 6. The number of benzene rings is 2. The molecule has 1 amide bonds. The Bertz CT molecular complexity index is 1070. The molecule has 38 heavy (non-hydrogen) atoms. The predicted octanol–water partition coefficient (Wildman–Crippen LogP) is 5.26. The fraction of sp³-hybridized carbons (Fsp3) is 0.519. The Hall–Kier alpha value is -3.34. The minimum atomic E-state index is -4.81. The number of amides is 1. The molecule has 2 aliphatic heterocycles. The van der Waals surface area contributed by atoms with Crippen molar-refractivity contribution in [3.05, 3.63) is 64.2 Å². The molecule has 0 radical (unpaired) electrons. The van der Waals surface area contributed by atoms with E-state index in [4.69, 9.17) is 0 Å². The van der Waals surface area contributed by atoms with E-state index in [1.807, 2.05) is 23.1 Å². The van der Waals surface area contributed by atoms with E-state index in [1.54, 1.807) is 0 Å². The van der Waals surface area contributed by atoms with E-state index in [-0.39, 0.29) is 25.1 Å². The highest BCUT2D eigenvalue weighted by atomic mass is 19.4. The molecule has 2 aromatic rings. The molecule has 0 aromatic heterocycles. The Kier molecular flexibility index (Phi) is 9.96. The van der Waals surface area contributed by atoms with Crippen molar-refractivity contribution in [3.8, 4) is 0 Å². The van der Waals surface area contributed by atoms with Crippen LogP contribution < -0.4 is 10.2 Å². The zero-order valence-electron chi connectivity index (χ0n) is 20.6. The standard InChI is InChI=1S/C26H32F3N5O3.CH4/c27-26(28,29)23-19-21(8-9-24(23)34(36)37)30-20-10-13-33(14-11-20)25(35)7-4-12-31-15-17-32(18-16-31)22-5-2-1-3-6-22;/h1-3,5-6,8-9,19-20,30H,4,7,10-18H2;1H4. The van der Waals surface area contributed by atoms with Gasteiger partial charge in [-0.05, 0) is 50.1 Å². The maximum absolute atomic E-state index is 13.2. The molecule has 2 aliphatic rings. The Balaban J connectivity index is 0.00000400. The molecule has 0 saturated carbocycles. The van der Waals surface area contributed by atoms with Gasteiger partial charge in [-0.15, -0.1) is 0 Å². The number of carbonyl (C=O) groups is 1. The number of rotatable bonds is 8. The second-order valence-electron chi connectivity index (χ2n) is 9.55. The lowest BCUT2D eigenvalue weighted by molar-refractivity contribution is -0.388. The van der Waals surface area contributed by atoms with Gasteiger partial charge >= 0.3 is 6.18 Å². The first-order chi connectivity index (χ1) is 17.7. The highest BCUT2D eigenvalue weighted by Crippen LogP contribution is 2.38. The molecule has 2 saturated heterocycles. The highest BCUT2D eigenvalue weighted by molar-refractivity contribution is 5.76. The summed E-state index contributed by atoms with van der Waals surface area (Å²) >= 11 is 0. The van der Waals surface area contributed by atoms with Crippen LogP contribution in [0.2, 0.25) is 0 Å². The smallest absolute Gasteiger partial charge is 0.382 e. The first kappa shape index (κ1) is 29.2. The van der Waals surface area contributed by atoms with Crippen LogP contribution in [0.3, 0.4) is 0 Å². The van der Waals surface area contributed by atoms with Gasteiger partial charge in [0, 0.05) is 69.2 Å². The normalized spacial score (nSPS) is 17.1. The number of alkyl halides is 3. The van der Waals surface area contributed by atoms with Gasteiger partial charge in [-0.2, -0.15) is 13.2 Å². The van der Waals surface area contributed by atoms with E-state index >= 15 is 0 Å². The number of halogens is 3. The Labute approximate surface area is 221 Å². The highest BCUT2D eigenvalue weighted by Gasteiger charge is 2.38. The van der Waals surface area contributed by atoms with Crippen LogP contribution >= 0.6 is 0 Å². The molecule has 0 spiro atoms. The lowest BCUT2D eigenvalue weighted by Crippen LogP contribution is -2.47. The van der Waals surface area contributed by atoms with Crippen LogP contribution in [0.1, 0.15) is 38.7 Å². The third kappa shape index (κ3) is 7.59. The summed E-state index contributed by atoms with van der Waals surface area (Å²) in [6, 6.07) is 13.2. The van der Waals surface area contributed by atoms with E-state index in [0.29, 0.717) is 32.4 Å². The number of nitro benzene ring substituents is 1. The molecule has 2 fully saturated rings. The quantitative estimate of drug-likeness (QED) is 0.367. The van der Waals surface area contributed by atoms with E-state index in [1.165, 1.54) is 11.8 Å². The van der Waals surface area contributed by atoms with Gasteiger partial charge in [0.2, 0.25) is 5.91 Å². The van der Waals surface area contributed by atoms with Crippen molar-refractivity contribution in [2.45, 2.75) is 45.3 Å². The largest absolute Gasteiger partial charge is 0.423 e. The third-order valence-corrected chi connectivity index (χ3v) is 7.08. The van der Waals surface area contributed by atoms with Gasteiger partial charge in [0.15, 0.2) is 0 Å². The molecule has 0 atom stereocenters. The van der Waals surface area contributed by atoms with Crippen molar-refractivity contribution in [3.63, 3.8) is 0 Å². The maximum Gasteiger partial charge on any atom is 0.423 e. The minimum Gasteiger partial charge on any atom is -0.382 e. The second kappa shape index (κ2) is 12.9. The molecular weight excluding hydrogens is 499 g/mol. The second-order valence-corrected chi connectivity index (χ2v) is 9.55. The number of piperazine rings is 1. The molecule has 0 aliphatic carbocycles. The zero-order valence-corrected chi connectivity index (χ0v) is 20.6. The van der Waals surface area contributed by atoms with Gasteiger partial charge in [0.1, 0.15) is 5.56 Å². The van der Waals surface area contributed by atoms with Gasteiger partial charge in [-0.3, -0.25) is 19.8 Å². The Morgan fingerprint density at radius 2 is 1.66 bits per heavy atom. The van der Waals surface area contributed by atoms with Gasteiger partial charge in [-0.25, -0.2) is 0 Å². The molecular formula is C27H36F3N5O3. The van der Waals surface area contributed by atoms with E-state index < -0.39 is 22.4 Å². The molecule has 4 rings (SSSR count). The summed E-state index contributed by atoms with van der Waals surface area (Å²) in [6.45, 7) is 5.83. The monoisotopic (exact) mass is 535 g/mol. The van der Waals surface area contributed by atoms with Gasteiger partial charge in [-0.1, -0.05) is 25.6 Å². The number of nitrogens with zero attached hydrogens (tertiary/aromatic N) is 4. The summed E-state index contributed by atoms with van der Waals surface area (Å²) in [5.41, 5.74) is -0.798. The summed E-state index contributed by atoms with van der Waals surface area (Å²) < 4.78 is 39.7. The number of piperidine rings is 1. The van der Waals surface area contributed by atoms with E-state index in [0.717, 1.165) is 51.3 Å². The van der Waals surface area contributed by atoms with Crippen molar-refractivity contribution in [2.24, 2.45) is 0 Å². The van der Waals surface area contributed by atoms with Crippen LogP contribution in [0.4, 0.5) is 30.2 Å². The molecule has 0 unspecified atom stereocenters. The predicted molar refractivity (Wildman–Crippen MR) is 142 cm³/mol. The summed E-state index contributed by atoms with van der Waals surface area (Å²) in [6.07, 6.45) is -2.33. The first-order valence-corrected chi connectivity index (χ1v) is 12.6. The molecule has 2 heterocycles. The fourth-order valence-corrected chi connectivity index (χ4v) is 5.00. The van der Waals surface area contributed by atoms with Crippen molar-refractivity contribution in [1.82, 2.24) is 9.80 Å². The van der Waals surface area contributed by atoms with Gasteiger partial charge in [0.05, 0.1) is 4.92 Å². The van der Waals surface area contributed by atoms with Crippen LogP contribution in [0.5, 0.6) is 0 Å². The number of nitro groups is 1. The zero-order chi connectivity index (χ0) is 26.4. The molecule has 8 nitrogen and oxygen atoms in total. The van der Waals surface area contributed by atoms with Crippen LogP contribution in [-0.4, -0.2) is 72.5 Å². The van der Waals surface area contributed by atoms with E-state index in [9.17, 15) is 28.1 Å². The number of anilines is 2. The first-order valence-electron chi connectivity index (χ1n) is 12.6. The minimum absolute atomic E-state index is 0. The van der Waals surface area contributed by atoms with Crippen molar-refractivity contribution < 1.29 is 22.9 Å². The summed E-state index contributed by atoms with van der Waals surface area (Å²) in [4.78, 5) is 29.2. The van der Waals surface area contributed by atoms with Crippen molar-refractivity contribution in [2.75, 3.05) is 56.0 Å². The summed E-state index contributed by atoms with van der Waals surface area (Å²) in [7, 11) is 0. The SMILES string of the molecule is C.O=C(CCCN1CCN(c2ccccc2)CC1)N1CCC(Nc2ccc([N+](=O)[O-])c(C(F)(F)F)c2)CC1. The van der Waals surface area contributed by atoms with Crippen LogP contribution in [0, 0.1) is 10.1 Å². The van der Waals surface area contributed by atoms with Crippen molar-refractivity contribution in [1.29, 1.82) is 0 Å². The van der Waals surface area contributed by atoms with Crippen LogP contribution in [0.15, 0.2) is 48.5 Å². The Morgan fingerprint density at radius 3 is 2.26 bits per heavy atom. The number of carbonyl (C=O) groups excluding carboxylic acids is 1.